The van der Waals surface area contributed by atoms with E-state index < -0.39 is 10.9 Å². The van der Waals surface area contributed by atoms with Gasteiger partial charge >= 0.3 is 11.7 Å². The number of hydrogen-bond acceptors (Lipinski definition) is 8. The summed E-state index contributed by atoms with van der Waals surface area (Å²) in [6.07, 6.45) is 2.66. The highest BCUT2D eigenvalue weighted by Crippen LogP contribution is 2.33. The van der Waals surface area contributed by atoms with Gasteiger partial charge in [-0.25, -0.2) is 4.79 Å². The molecule has 0 spiro atoms. The lowest BCUT2D eigenvalue weighted by Crippen LogP contribution is -2.50. The van der Waals surface area contributed by atoms with Crippen LogP contribution in [0.25, 0.3) is 0 Å². The number of carbonyl (C=O) groups excluding carboxylic acids is 1. The lowest BCUT2D eigenvalue weighted by molar-refractivity contribution is -0.385. The zero-order chi connectivity index (χ0) is 18.4. The number of methoxy groups -OCH3 is 1. The Kier molecular flexibility index (Phi) is 5.93. The van der Waals surface area contributed by atoms with Crippen LogP contribution in [0.3, 0.4) is 0 Å². The number of rotatable bonds is 7. The molecule has 9 heteroatoms. The lowest BCUT2D eigenvalue weighted by atomic mass is 10.1. The Morgan fingerprint density at radius 2 is 2.24 bits per heavy atom. The van der Waals surface area contributed by atoms with Crippen molar-refractivity contribution < 1.29 is 19.2 Å². The molecule has 1 aliphatic rings. The van der Waals surface area contributed by atoms with Gasteiger partial charge in [-0.3, -0.25) is 15.1 Å². The average Bonchev–Trinajstić information content (AvgIpc) is 2.56. The molecule has 1 heterocycles. The van der Waals surface area contributed by atoms with Gasteiger partial charge in [0.2, 0.25) is 0 Å². The second-order valence-corrected chi connectivity index (χ2v) is 5.27. The van der Waals surface area contributed by atoms with Crippen LogP contribution in [0.5, 0.6) is 5.75 Å². The molecule has 1 aromatic carbocycles. The average molecular weight is 348 g/mol. The van der Waals surface area contributed by atoms with E-state index in [1.165, 1.54) is 25.5 Å². The van der Waals surface area contributed by atoms with E-state index in [0.717, 1.165) is 5.69 Å². The first kappa shape index (κ1) is 18.2. The van der Waals surface area contributed by atoms with Gasteiger partial charge in [-0.1, -0.05) is 0 Å². The molecule has 134 valence electrons. The molecule has 0 aromatic heterocycles. The zero-order valence-corrected chi connectivity index (χ0v) is 14.0. The molecule has 0 aliphatic carbocycles. The summed E-state index contributed by atoms with van der Waals surface area (Å²) in [5.74, 6) is -0.313. The summed E-state index contributed by atoms with van der Waals surface area (Å²) < 4.78 is 10.0. The summed E-state index contributed by atoms with van der Waals surface area (Å²) in [7, 11) is 1.39. The first-order chi connectivity index (χ1) is 12.0. The summed E-state index contributed by atoms with van der Waals surface area (Å²) in [5.41, 5.74) is 6.22. The number of esters is 1. The highest BCUT2D eigenvalue weighted by atomic mass is 16.6. The van der Waals surface area contributed by atoms with Gasteiger partial charge in [0.15, 0.2) is 5.75 Å². The fourth-order valence-corrected chi connectivity index (χ4v) is 2.42. The smallest absolute Gasteiger partial charge is 0.356 e. The Morgan fingerprint density at radius 1 is 1.52 bits per heavy atom. The molecule has 1 fully saturated rings. The van der Waals surface area contributed by atoms with Crippen molar-refractivity contribution in [3.05, 3.63) is 40.6 Å². The minimum Gasteiger partial charge on any atom is -0.490 e. The topological polar surface area (TPSA) is 120 Å². The molecule has 9 nitrogen and oxygen atoms in total. The van der Waals surface area contributed by atoms with E-state index in [4.69, 9.17) is 15.2 Å². The number of nitro groups is 1. The van der Waals surface area contributed by atoms with E-state index in [9.17, 15) is 14.9 Å². The number of benzene rings is 1. The molecule has 2 N–H and O–H groups in total. The van der Waals surface area contributed by atoms with Gasteiger partial charge in [-0.05, 0) is 25.3 Å². The SMILES string of the molecule is CCOC(=O)C(C=CN)=NC1CN(c2ccc([N+](=O)[O-])c(OC)c2)C1. The molecular weight excluding hydrogens is 328 g/mol. The molecule has 1 saturated heterocycles. The molecular formula is C16H20N4O5. The molecule has 0 bridgehead atoms. The summed E-state index contributed by atoms with van der Waals surface area (Å²) >= 11 is 0. The number of hydrogen-bond donors (Lipinski definition) is 1. The van der Waals surface area contributed by atoms with Crippen LogP contribution in [0.1, 0.15) is 6.92 Å². The summed E-state index contributed by atoms with van der Waals surface area (Å²) in [5, 5.41) is 10.9. The third-order valence-corrected chi connectivity index (χ3v) is 3.65. The number of nitro benzene ring substituents is 1. The van der Waals surface area contributed by atoms with Crippen LogP contribution in [-0.4, -0.2) is 49.5 Å². The largest absolute Gasteiger partial charge is 0.490 e. The minimum atomic E-state index is -0.514. The van der Waals surface area contributed by atoms with Crippen molar-refractivity contribution in [3.63, 3.8) is 0 Å². The maximum absolute atomic E-state index is 11.8. The molecule has 0 amide bonds. The van der Waals surface area contributed by atoms with Gasteiger partial charge in [0.1, 0.15) is 5.71 Å². The lowest BCUT2D eigenvalue weighted by Gasteiger charge is -2.39. The van der Waals surface area contributed by atoms with Gasteiger partial charge < -0.3 is 20.1 Å². The van der Waals surface area contributed by atoms with Crippen LogP contribution in [-0.2, 0) is 9.53 Å². The Bertz CT molecular complexity index is 710. The normalized spacial score (nSPS) is 15.1. The Balaban J connectivity index is 2.07. The number of nitrogens with zero attached hydrogens (tertiary/aromatic N) is 3. The van der Waals surface area contributed by atoms with Crippen molar-refractivity contribution in [1.82, 2.24) is 0 Å². The third kappa shape index (κ3) is 4.25. The van der Waals surface area contributed by atoms with E-state index in [-0.39, 0.29) is 29.8 Å². The highest BCUT2D eigenvalue weighted by molar-refractivity contribution is 6.41. The van der Waals surface area contributed by atoms with Crippen LogP contribution in [0, 0.1) is 10.1 Å². The number of ether oxygens (including phenoxy) is 2. The standard InChI is InChI=1S/C16H20N4O5/c1-3-25-16(21)13(6-7-17)18-11-9-19(10-11)12-4-5-14(20(22)23)15(8-12)24-2/h4-8,11H,3,9-10,17H2,1-2H3. The first-order valence-corrected chi connectivity index (χ1v) is 7.70. The zero-order valence-electron chi connectivity index (χ0n) is 14.0. The van der Waals surface area contributed by atoms with Crippen molar-refractivity contribution in [2.45, 2.75) is 13.0 Å². The highest BCUT2D eigenvalue weighted by Gasteiger charge is 2.29. The molecule has 2 rings (SSSR count). The molecule has 0 atom stereocenters. The molecule has 0 saturated carbocycles. The third-order valence-electron chi connectivity index (χ3n) is 3.65. The molecule has 0 unspecified atom stereocenters. The fourth-order valence-electron chi connectivity index (χ4n) is 2.42. The van der Waals surface area contributed by atoms with Crippen molar-refractivity contribution >= 4 is 23.1 Å². The predicted octanol–water partition coefficient (Wildman–Crippen LogP) is 1.27. The van der Waals surface area contributed by atoms with E-state index in [1.807, 2.05) is 4.90 Å². The van der Waals surface area contributed by atoms with Crippen LogP contribution < -0.4 is 15.4 Å². The van der Waals surface area contributed by atoms with Crippen molar-refractivity contribution in [2.24, 2.45) is 10.7 Å². The van der Waals surface area contributed by atoms with Gasteiger partial charge in [0, 0.05) is 30.9 Å². The number of carbonyl (C=O) groups is 1. The van der Waals surface area contributed by atoms with Crippen LogP contribution in [0.15, 0.2) is 35.5 Å². The fraction of sp³-hybridized carbons (Fsp3) is 0.375. The van der Waals surface area contributed by atoms with Crippen LogP contribution >= 0.6 is 0 Å². The first-order valence-electron chi connectivity index (χ1n) is 7.70. The maximum atomic E-state index is 11.8. The van der Waals surface area contributed by atoms with E-state index >= 15 is 0 Å². The minimum absolute atomic E-state index is 0.0842. The summed E-state index contributed by atoms with van der Waals surface area (Å²) in [4.78, 5) is 28.6. The monoisotopic (exact) mass is 348 g/mol. The van der Waals surface area contributed by atoms with Crippen LogP contribution in [0.2, 0.25) is 0 Å². The molecule has 25 heavy (non-hydrogen) atoms. The summed E-state index contributed by atoms with van der Waals surface area (Å²) in [6.45, 7) is 3.12. The quantitative estimate of drug-likeness (QED) is 0.341. The number of aliphatic imine (C=N–C) groups is 1. The number of nitrogens with two attached hydrogens (primary N) is 1. The van der Waals surface area contributed by atoms with E-state index in [1.54, 1.807) is 19.1 Å². The van der Waals surface area contributed by atoms with E-state index in [0.29, 0.717) is 13.1 Å². The van der Waals surface area contributed by atoms with Crippen LogP contribution in [0.4, 0.5) is 11.4 Å². The van der Waals surface area contributed by atoms with Crippen molar-refractivity contribution in [1.29, 1.82) is 0 Å². The van der Waals surface area contributed by atoms with Gasteiger partial charge in [-0.15, -0.1) is 0 Å². The molecule has 1 aliphatic heterocycles. The molecule has 0 radical (unpaired) electrons. The maximum Gasteiger partial charge on any atom is 0.356 e. The van der Waals surface area contributed by atoms with E-state index in [2.05, 4.69) is 4.99 Å². The van der Waals surface area contributed by atoms with Crippen molar-refractivity contribution in [3.8, 4) is 5.75 Å². The summed E-state index contributed by atoms with van der Waals surface area (Å²) in [6, 6.07) is 4.60. The van der Waals surface area contributed by atoms with Gasteiger partial charge in [0.05, 0.1) is 24.7 Å². The predicted molar refractivity (Wildman–Crippen MR) is 93.0 cm³/mol. The van der Waals surface area contributed by atoms with Crippen molar-refractivity contribution in [2.75, 3.05) is 31.7 Å². The molecule has 1 aromatic rings. The van der Waals surface area contributed by atoms with Gasteiger partial charge in [-0.2, -0.15) is 0 Å². The number of anilines is 1. The Morgan fingerprint density at radius 3 is 2.80 bits per heavy atom. The Labute approximate surface area is 144 Å². The second kappa shape index (κ2) is 8.13. The second-order valence-electron chi connectivity index (χ2n) is 5.27. The van der Waals surface area contributed by atoms with Gasteiger partial charge in [0.25, 0.3) is 0 Å². The Hall–Kier alpha value is -3.10.